The summed E-state index contributed by atoms with van der Waals surface area (Å²) in [5.41, 5.74) is 0.663. The monoisotopic (exact) mass is 224 g/mol. The van der Waals surface area contributed by atoms with Crippen LogP contribution >= 0.6 is 11.3 Å². The number of hydrogen-bond donors (Lipinski definition) is 1. The summed E-state index contributed by atoms with van der Waals surface area (Å²) < 4.78 is 0. The summed E-state index contributed by atoms with van der Waals surface area (Å²) in [7, 11) is 0. The van der Waals surface area contributed by atoms with E-state index in [9.17, 15) is 4.79 Å². The fraction of sp³-hybridized carbons (Fsp3) is 0.636. The summed E-state index contributed by atoms with van der Waals surface area (Å²) in [5.74, 6) is 0.723. The Morgan fingerprint density at radius 2 is 2.33 bits per heavy atom. The molecule has 0 unspecified atom stereocenters. The van der Waals surface area contributed by atoms with Crippen LogP contribution in [0, 0.1) is 0 Å². The van der Waals surface area contributed by atoms with Crippen molar-refractivity contribution in [2.24, 2.45) is 0 Å². The molecule has 0 aromatic carbocycles. The van der Waals surface area contributed by atoms with Gasteiger partial charge in [-0.3, -0.25) is 4.79 Å². The Labute approximate surface area is 93.9 Å². The van der Waals surface area contributed by atoms with Crippen molar-refractivity contribution in [1.82, 2.24) is 10.3 Å². The average Bonchev–Trinajstić information content (AvgIpc) is 2.78. The molecule has 1 aliphatic rings. The van der Waals surface area contributed by atoms with Gasteiger partial charge in [-0.05, 0) is 25.9 Å². The van der Waals surface area contributed by atoms with Gasteiger partial charge in [0, 0.05) is 17.7 Å². The first-order chi connectivity index (χ1) is 7.31. The van der Waals surface area contributed by atoms with Crippen molar-refractivity contribution in [2.45, 2.75) is 32.1 Å². The number of piperidine rings is 1. The molecule has 15 heavy (non-hydrogen) atoms. The molecule has 1 fully saturated rings. The molecule has 0 aliphatic carbocycles. The van der Waals surface area contributed by atoms with Crippen LogP contribution in [0.25, 0.3) is 0 Å². The van der Waals surface area contributed by atoms with Crippen LogP contribution in [0.1, 0.15) is 47.6 Å². The fourth-order valence-corrected chi connectivity index (χ4v) is 2.85. The molecular weight excluding hydrogens is 208 g/mol. The molecule has 0 bridgehead atoms. The van der Waals surface area contributed by atoms with Crippen molar-refractivity contribution in [3.05, 3.63) is 16.1 Å². The molecule has 3 nitrogen and oxygen atoms in total. The molecule has 2 heterocycles. The van der Waals surface area contributed by atoms with E-state index < -0.39 is 0 Å². The first-order valence-corrected chi connectivity index (χ1v) is 6.38. The highest BCUT2D eigenvalue weighted by Gasteiger charge is 2.19. The molecule has 1 aromatic heterocycles. The zero-order valence-corrected chi connectivity index (χ0v) is 9.77. The van der Waals surface area contributed by atoms with E-state index in [1.807, 2.05) is 12.3 Å². The molecule has 4 heteroatoms. The highest BCUT2D eigenvalue weighted by Crippen LogP contribution is 2.28. The molecule has 82 valence electrons. The highest BCUT2D eigenvalue weighted by atomic mass is 32.1. The number of nitrogens with zero attached hydrogens (tertiary/aromatic N) is 1. The van der Waals surface area contributed by atoms with Crippen LogP contribution in [-0.2, 0) is 0 Å². The maximum atomic E-state index is 11.4. The number of aromatic nitrogens is 1. The molecule has 0 radical (unpaired) electrons. The Hall–Kier alpha value is -0.740. The summed E-state index contributed by atoms with van der Waals surface area (Å²) in [4.78, 5) is 15.9. The van der Waals surface area contributed by atoms with Gasteiger partial charge in [0.15, 0.2) is 5.78 Å². The van der Waals surface area contributed by atoms with Gasteiger partial charge in [-0.1, -0.05) is 6.92 Å². The van der Waals surface area contributed by atoms with Gasteiger partial charge in [-0.25, -0.2) is 4.98 Å². The second-order valence-electron chi connectivity index (χ2n) is 3.87. The number of ketones is 1. The van der Waals surface area contributed by atoms with Gasteiger partial charge in [0.1, 0.15) is 5.69 Å². The van der Waals surface area contributed by atoms with Crippen LogP contribution < -0.4 is 5.32 Å². The van der Waals surface area contributed by atoms with E-state index in [0.29, 0.717) is 18.0 Å². The van der Waals surface area contributed by atoms with E-state index >= 15 is 0 Å². The highest BCUT2D eigenvalue weighted by molar-refractivity contribution is 7.09. The minimum Gasteiger partial charge on any atom is -0.317 e. The number of nitrogens with one attached hydrogen (secondary N) is 1. The second-order valence-corrected chi connectivity index (χ2v) is 4.76. The van der Waals surface area contributed by atoms with E-state index in [2.05, 4.69) is 10.3 Å². The van der Waals surface area contributed by atoms with Gasteiger partial charge in [0.25, 0.3) is 0 Å². The molecule has 1 aliphatic heterocycles. The van der Waals surface area contributed by atoms with E-state index in [-0.39, 0.29) is 5.78 Å². The Kier molecular flexibility index (Phi) is 3.49. The van der Waals surface area contributed by atoms with Crippen LogP contribution in [0.3, 0.4) is 0 Å². The lowest BCUT2D eigenvalue weighted by atomic mass is 9.99. The van der Waals surface area contributed by atoms with E-state index in [1.165, 1.54) is 0 Å². The normalized spacial score (nSPS) is 17.9. The molecule has 0 saturated carbocycles. The Morgan fingerprint density at radius 1 is 1.60 bits per heavy atom. The average molecular weight is 224 g/mol. The third-order valence-corrected chi connectivity index (χ3v) is 3.82. The first kappa shape index (κ1) is 10.8. The van der Waals surface area contributed by atoms with Crippen LogP contribution in [0.15, 0.2) is 5.38 Å². The largest absolute Gasteiger partial charge is 0.317 e. The summed E-state index contributed by atoms with van der Waals surface area (Å²) in [6, 6.07) is 0. The Balaban J connectivity index is 2.08. The quantitative estimate of drug-likeness (QED) is 0.800. The minimum absolute atomic E-state index is 0.159. The maximum Gasteiger partial charge on any atom is 0.181 e. The zero-order chi connectivity index (χ0) is 10.7. The van der Waals surface area contributed by atoms with Gasteiger partial charge in [-0.2, -0.15) is 0 Å². The number of rotatable bonds is 3. The van der Waals surface area contributed by atoms with Crippen molar-refractivity contribution in [3.63, 3.8) is 0 Å². The van der Waals surface area contributed by atoms with E-state index in [0.717, 1.165) is 30.9 Å². The second kappa shape index (κ2) is 4.86. The summed E-state index contributed by atoms with van der Waals surface area (Å²) in [5, 5.41) is 6.39. The van der Waals surface area contributed by atoms with Crippen LogP contribution in [0.5, 0.6) is 0 Å². The van der Waals surface area contributed by atoms with Crippen LogP contribution in [0.2, 0.25) is 0 Å². The van der Waals surface area contributed by atoms with Crippen molar-refractivity contribution >= 4 is 17.1 Å². The van der Waals surface area contributed by atoms with Crippen molar-refractivity contribution in [3.8, 4) is 0 Å². The number of hydrogen-bond acceptors (Lipinski definition) is 4. The minimum atomic E-state index is 0.159. The molecule has 0 atom stereocenters. The topological polar surface area (TPSA) is 42.0 Å². The number of carbonyl (C=O) groups is 1. The number of thiazole rings is 1. The Morgan fingerprint density at radius 3 is 3.00 bits per heavy atom. The summed E-state index contributed by atoms with van der Waals surface area (Å²) >= 11 is 1.64. The predicted octanol–water partition coefficient (Wildman–Crippen LogP) is 2.20. The number of Topliss-reactive ketones (excluding diaryl/α,β-unsaturated/α-hetero) is 1. The molecule has 1 N–H and O–H groups in total. The Bertz CT molecular complexity index is 342. The molecule has 2 rings (SSSR count). The van der Waals surface area contributed by atoms with Crippen LogP contribution in [0.4, 0.5) is 0 Å². The van der Waals surface area contributed by atoms with E-state index in [4.69, 9.17) is 0 Å². The fourth-order valence-electron chi connectivity index (χ4n) is 1.85. The third kappa shape index (κ3) is 2.44. The molecule has 0 amide bonds. The predicted molar refractivity (Wildman–Crippen MR) is 61.6 cm³/mol. The summed E-state index contributed by atoms with van der Waals surface area (Å²) in [6.07, 6.45) is 2.84. The van der Waals surface area contributed by atoms with Crippen molar-refractivity contribution in [1.29, 1.82) is 0 Å². The first-order valence-electron chi connectivity index (χ1n) is 5.50. The maximum absolute atomic E-state index is 11.4. The molecule has 1 saturated heterocycles. The van der Waals surface area contributed by atoms with Gasteiger partial charge >= 0.3 is 0 Å². The third-order valence-electron chi connectivity index (χ3n) is 2.82. The molecule has 1 aromatic rings. The van der Waals surface area contributed by atoms with Crippen molar-refractivity contribution in [2.75, 3.05) is 13.1 Å². The van der Waals surface area contributed by atoms with Crippen molar-refractivity contribution < 1.29 is 4.79 Å². The summed E-state index contributed by atoms with van der Waals surface area (Å²) in [6.45, 7) is 4.02. The van der Waals surface area contributed by atoms with Crippen LogP contribution in [-0.4, -0.2) is 23.9 Å². The van der Waals surface area contributed by atoms with Gasteiger partial charge in [0.2, 0.25) is 0 Å². The smallest absolute Gasteiger partial charge is 0.181 e. The zero-order valence-electron chi connectivity index (χ0n) is 8.95. The molecular formula is C11H16N2OS. The van der Waals surface area contributed by atoms with Gasteiger partial charge < -0.3 is 5.32 Å². The van der Waals surface area contributed by atoms with E-state index in [1.54, 1.807) is 11.3 Å². The lowest BCUT2D eigenvalue weighted by Gasteiger charge is -2.20. The SMILES string of the molecule is CCC(=O)c1csc(C2CCNCC2)n1. The lowest BCUT2D eigenvalue weighted by Crippen LogP contribution is -2.26. The lowest BCUT2D eigenvalue weighted by molar-refractivity contribution is 0.0984. The standard InChI is InChI=1S/C11H16N2OS/c1-2-10(14)9-7-15-11(13-9)8-3-5-12-6-4-8/h7-8,12H,2-6H2,1H3. The van der Waals surface area contributed by atoms with Gasteiger partial charge in [-0.15, -0.1) is 11.3 Å². The molecule has 0 spiro atoms. The van der Waals surface area contributed by atoms with Gasteiger partial charge in [0.05, 0.1) is 5.01 Å². The number of carbonyl (C=O) groups excluding carboxylic acids is 1.